The van der Waals surface area contributed by atoms with Crippen LogP contribution in [0.25, 0.3) is 0 Å². The highest BCUT2D eigenvalue weighted by molar-refractivity contribution is 5.76. The second-order valence-electron chi connectivity index (χ2n) is 27.4. The van der Waals surface area contributed by atoms with E-state index in [0.29, 0.717) is 19.4 Å². The predicted molar refractivity (Wildman–Crippen MR) is 389 cm³/mol. The van der Waals surface area contributed by atoms with Crippen LogP contribution >= 0.6 is 0 Å². The molecular weight excluding hydrogens is 1080 g/mol. The molecule has 0 aromatic rings. The van der Waals surface area contributed by atoms with Gasteiger partial charge in [-0.2, -0.15) is 0 Å². The average Bonchev–Trinajstić information content (AvgIpc) is 3.59. The van der Waals surface area contributed by atoms with Gasteiger partial charge >= 0.3 is 5.97 Å². The van der Waals surface area contributed by atoms with E-state index in [4.69, 9.17) is 4.74 Å². The summed E-state index contributed by atoms with van der Waals surface area (Å²) in [7, 11) is 0. The van der Waals surface area contributed by atoms with Crippen molar-refractivity contribution in [3.63, 3.8) is 0 Å². The van der Waals surface area contributed by atoms with Gasteiger partial charge in [-0.1, -0.05) is 390 Å². The molecule has 6 nitrogen and oxygen atoms in total. The van der Waals surface area contributed by atoms with Crippen LogP contribution in [0, 0.1) is 0 Å². The van der Waals surface area contributed by atoms with Crippen molar-refractivity contribution in [2.45, 2.75) is 450 Å². The molecule has 1 amide bonds. The van der Waals surface area contributed by atoms with Gasteiger partial charge in [0.25, 0.3) is 0 Å². The zero-order valence-electron chi connectivity index (χ0n) is 59.5. The summed E-state index contributed by atoms with van der Waals surface area (Å²) in [4.78, 5) is 24.6. The first kappa shape index (κ1) is 85.8. The molecule has 0 radical (unpaired) electrons. The van der Waals surface area contributed by atoms with E-state index in [9.17, 15) is 19.8 Å². The van der Waals surface area contributed by atoms with Gasteiger partial charge < -0.3 is 20.3 Å². The zero-order valence-corrected chi connectivity index (χ0v) is 59.5. The molecule has 88 heavy (non-hydrogen) atoms. The second kappa shape index (κ2) is 77.3. The van der Waals surface area contributed by atoms with E-state index in [0.717, 1.165) is 51.4 Å². The molecule has 518 valence electrons. The summed E-state index contributed by atoms with van der Waals surface area (Å²) in [5, 5.41) is 23.3. The minimum Gasteiger partial charge on any atom is -0.466 e. The monoisotopic (exact) mass is 1230 g/mol. The van der Waals surface area contributed by atoms with Gasteiger partial charge in [-0.15, -0.1) is 0 Å². The number of rotatable bonds is 75. The summed E-state index contributed by atoms with van der Waals surface area (Å²) in [6.45, 7) is 4.88. The van der Waals surface area contributed by atoms with Crippen LogP contribution in [-0.4, -0.2) is 47.4 Å². The molecule has 3 N–H and O–H groups in total. The Kier molecular flexibility index (Phi) is 75.4. The largest absolute Gasteiger partial charge is 0.466 e. The third-order valence-electron chi connectivity index (χ3n) is 18.5. The highest BCUT2D eigenvalue weighted by Crippen LogP contribution is 2.19. The SMILES string of the molecule is CCC/C=C\C/C=C\CCCCCCCC(=O)OCCCCCCCCCCCCCCCCCCCC/C=C\CCCCCCCCCCCCCCCCCCCC(=O)NC(CO)C(O)/C=C/CCCCCCCCCCCCCCCCCCC. The van der Waals surface area contributed by atoms with E-state index >= 15 is 0 Å². The van der Waals surface area contributed by atoms with E-state index in [1.807, 2.05) is 6.08 Å². The van der Waals surface area contributed by atoms with Crippen molar-refractivity contribution in [2.75, 3.05) is 13.2 Å². The molecule has 0 aromatic carbocycles. The molecule has 2 unspecified atom stereocenters. The molecule has 0 saturated carbocycles. The molecule has 0 aliphatic rings. The number of aliphatic hydroxyl groups is 2. The third-order valence-corrected chi connectivity index (χ3v) is 18.5. The van der Waals surface area contributed by atoms with Crippen molar-refractivity contribution in [1.29, 1.82) is 0 Å². The third kappa shape index (κ3) is 72.9. The van der Waals surface area contributed by atoms with Gasteiger partial charge in [0.05, 0.1) is 25.4 Å². The summed E-state index contributed by atoms with van der Waals surface area (Å²) in [6, 6.07) is -0.626. The summed E-state index contributed by atoms with van der Waals surface area (Å²) in [6.07, 6.45) is 102. The van der Waals surface area contributed by atoms with Gasteiger partial charge in [-0.3, -0.25) is 9.59 Å². The average molecular weight is 1240 g/mol. The van der Waals surface area contributed by atoms with Crippen LogP contribution in [0.3, 0.4) is 0 Å². The van der Waals surface area contributed by atoms with Crippen LogP contribution < -0.4 is 5.32 Å². The molecule has 0 heterocycles. The number of nitrogens with one attached hydrogen (secondary N) is 1. The zero-order chi connectivity index (χ0) is 63.5. The predicted octanol–water partition coefficient (Wildman–Crippen LogP) is 26.4. The topological polar surface area (TPSA) is 95.9 Å². The smallest absolute Gasteiger partial charge is 0.305 e. The van der Waals surface area contributed by atoms with E-state index in [2.05, 4.69) is 55.6 Å². The Morgan fingerprint density at radius 1 is 0.318 bits per heavy atom. The maximum atomic E-state index is 12.5. The molecule has 0 saturated heterocycles. The lowest BCUT2D eigenvalue weighted by atomic mass is 10.0. The van der Waals surface area contributed by atoms with Crippen molar-refractivity contribution in [1.82, 2.24) is 5.32 Å². The van der Waals surface area contributed by atoms with Crippen LogP contribution in [0.4, 0.5) is 0 Å². The number of hydrogen-bond donors (Lipinski definition) is 3. The van der Waals surface area contributed by atoms with Crippen LogP contribution in [0.5, 0.6) is 0 Å². The first-order valence-electron chi connectivity index (χ1n) is 39.9. The summed E-state index contributed by atoms with van der Waals surface area (Å²) in [5.41, 5.74) is 0. The number of unbranched alkanes of at least 4 members (excludes halogenated alkanes) is 58. The quantitative estimate of drug-likeness (QED) is 0.0320. The van der Waals surface area contributed by atoms with Gasteiger partial charge in [0.1, 0.15) is 0 Å². The molecule has 0 spiro atoms. The molecular formula is C82H155NO5. The van der Waals surface area contributed by atoms with Crippen LogP contribution in [0.15, 0.2) is 48.6 Å². The van der Waals surface area contributed by atoms with Crippen molar-refractivity contribution < 1.29 is 24.5 Å². The highest BCUT2D eigenvalue weighted by atomic mass is 16.5. The Bertz CT molecular complexity index is 1470. The van der Waals surface area contributed by atoms with Gasteiger partial charge in [0.15, 0.2) is 0 Å². The summed E-state index contributed by atoms with van der Waals surface area (Å²) >= 11 is 0. The fourth-order valence-corrected chi connectivity index (χ4v) is 12.5. The number of esters is 1. The first-order valence-corrected chi connectivity index (χ1v) is 39.9. The lowest BCUT2D eigenvalue weighted by Crippen LogP contribution is -2.45. The van der Waals surface area contributed by atoms with E-state index < -0.39 is 12.1 Å². The molecule has 0 aliphatic carbocycles. The number of hydrogen-bond acceptors (Lipinski definition) is 5. The van der Waals surface area contributed by atoms with Crippen LogP contribution in [0.1, 0.15) is 438 Å². The molecule has 0 fully saturated rings. The number of allylic oxidation sites excluding steroid dienone is 7. The van der Waals surface area contributed by atoms with E-state index in [1.54, 1.807) is 6.08 Å². The van der Waals surface area contributed by atoms with Crippen molar-refractivity contribution in [3.05, 3.63) is 48.6 Å². The summed E-state index contributed by atoms with van der Waals surface area (Å²) < 4.78 is 5.48. The summed E-state index contributed by atoms with van der Waals surface area (Å²) in [5.74, 6) is -0.0527. The van der Waals surface area contributed by atoms with E-state index in [-0.39, 0.29) is 18.5 Å². The Morgan fingerprint density at radius 3 is 0.920 bits per heavy atom. The fraction of sp³-hybridized carbons (Fsp3) is 0.878. The normalized spacial score (nSPS) is 12.7. The maximum absolute atomic E-state index is 12.5. The van der Waals surface area contributed by atoms with Crippen LogP contribution in [0.2, 0.25) is 0 Å². The molecule has 0 rings (SSSR count). The maximum Gasteiger partial charge on any atom is 0.305 e. The Morgan fingerprint density at radius 2 is 0.591 bits per heavy atom. The van der Waals surface area contributed by atoms with Gasteiger partial charge in [-0.05, 0) is 83.5 Å². The minimum absolute atomic E-state index is 0.00713. The fourth-order valence-electron chi connectivity index (χ4n) is 12.5. The number of amides is 1. The lowest BCUT2D eigenvalue weighted by Gasteiger charge is -2.20. The Hall–Kier alpha value is -2.18. The van der Waals surface area contributed by atoms with Crippen molar-refractivity contribution >= 4 is 11.9 Å². The highest BCUT2D eigenvalue weighted by Gasteiger charge is 2.18. The van der Waals surface area contributed by atoms with Crippen molar-refractivity contribution in [3.8, 4) is 0 Å². The van der Waals surface area contributed by atoms with Crippen molar-refractivity contribution in [2.24, 2.45) is 0 Å². The molecule has 0 aromatic heterocycles. The van der Waals surface area contributed by atoms with Gasteiger partial charge in [0.2, 0.25) is 5.91 Å². The van der Waals surface area contributed by atoms with Gasteiger partial charge in [0, 0.05) is 12.8 Å². The number of aliphatic hydroxyl groups excluding tert-OH is 2. The standard InChI is InChI=1S/C82H155NO5/c1-3-5-7-9-11-13-15-17-18-19-41-44-47-51-54-58-62-66-70-74-80(85)79(78-84)83-81(86)75-71-67-63-59-55-52-48-45-42-39-37-35-33-31-29-27-25-23-21-20-22-24-26-28-30-32-34-36-38-40-43-46-49-53-57-61-65-69-73-77-88-82(87)76-72-68-64-60-56-50-16-14-12-10-8-6-4-2/h8,10,14,16,20-21,70,74,79-80,84-85H,3-7,9,11-13,15,17-19,22-69,71-73,75-78H2,1-2H3,(H,83,86)/b10-8-,16-14-,21-20-,74-70+. The number of carbonyl (C=O) groups excluding carboxylic acids is 2. The lowest BCUT2D eigenvalue weighted by molar-refractivity contribution is -0.143. The molecule has 2 atom stereocenters. The first-order chi connectivity index (χ1) is 43.5. The van der Waals surface area contributed by atoms with E-state index in [1.165, 1.54) is 360 Å². The molecule has 6 heteroatoms. The molecule has 0 aliphatic heterocycles. The number of ether oxygens (including phenoxy) is 1. The minimum atomic E-state index is -0.842. The number of carbonyl (C=O) groups is 2. The Labute approximate surface area is 550 Å². The van der Waals surface area contributed by atoms with Crippen LogP contribution in [-0.2, 0) is 14.3 Å². The van der Waals surface area contributed by atoms with Gasteiger partial charge in [-0.25, -0.2) is 0 Å². The second-order valence-corrected chi connectivity index (χ2v) is 27.4. The molecule has 0 bridgehead atoms. The Balaban J connectivity index is 3.35.